The molecule has 0 aliphatic heterocycles. The summed E-state index contributed by atoms with van der Waals surface area (Å²) in [5, 5.41) is 0. The minimum atomic E-state index is 0.759. The largest absolute Gasteiger partial charge is 0.258 e. The molecular weight excluding hydrogens is 230 g/mol. The average Bonchev–Trinajstić information content (AvgIpc) is 2.79. The molecule has 1 fully saturated rings. The molecule has 1 saturated carbocycles. The van der Waals surface area contributed by atoms with Gasteiger partial charge in [-0.1, -0.05) is 32.1 Å². The van der Waals surface area contributed by atoms with Crippen LogP contribution in [0.25, 0.3) is 0 Å². The fraction of sp³-hybridized carbons (Fsp3) is 0.722. The Morgan fingerprint density at radius 3 is 2.37 bits per heavy atom. The van der Waals surface area contributed by atoms with Crippen molar-refractivity contribution in [3.63, 3.8) is 0 Å². The minimum absolute atomic E-state index is 0.759. The second-order valence-electron chi connectivity index (χ2n) is 6.54. The maximum absolute atomic E-state index is 4.99. The molecule has 1 heterocycles. The van der Waals surface area contributed by atoms with Crippen LogP contribution in [-0.4, -0.2) is 4.98 Å². The number of aromatic nitrogens is 1. The van der Waals surface area contributed by atoms with E-state index in [2.05, 4.69) is 13.0 Å². The molecule has 0 aromatic carbocycles. The van der Waals surface area contributed by atoms with Crippen LogP contribution in [0, 0.1) is 6.92 Å². The molecule has 0 amide bonds. The van der Waals surface area contributed by atoms with Crippen LogP contribution >= 0.6 is 0 Å². The van der Waals surface area contributed by atoms with Crippen LogP contribution in [-0.2, 0) is 12.8 Å². The molecule has 1 nitrogen and oxygen atoms in total. The summed E-state index contributed by atoms with van der Waals surface area (Å²) in [4.78, 5) is 4.99. The van der Waals surface area contributed by atoms with Gasteiger partial charge < -0.3 is 0 Å². The zero-order valence-corrected chi connectivity index (χ0v) is 12.4. The SMILES string of the molecule is Cc1cc2c(c(C3CCCCCC3)n1)CCCCC2. The number of hydrogen-bond donors (Lipinski definition) is 0. The lowest BCUT2D eigenvalue weighted by Gasteiger charge is -2.20. The van der Waals surface area contributed by atoms with Crippen molar-refractivity contribution in [2.75, 3.05) is 0 Å². The smallest absolute Gasteiger partial charge is 0.0472 e. The van der Waals surface area contributed by atoms with E-state index >= 15 is 0 Å². The van der Waals surface area contributed by atoms with Crippen LogP contribution in [0.5, 0.6) is 0 Å². The summed E-state index contributed by atoms with van der Waals surface area (Å²) in [6.07, 6.45) is 15.2. The average molecular weight is 257 g/mol. The molecule has 3 rings (SSSR count). The van der Waals surface area contributed by atoms with Crippen molar-refractivity contribution in [2.45, 2.75) is 83.5 Å². The summed E-state index contributed by atoms with van der Waals surface area (Å²) in [6, 6.07) is 2.36. The van der Waals surface area contributed by atoms with Crippen molar-refractivity contribution >= 4 is 0 Å². The Kier molecular flexibility index (Phi) is 4.20. The number of rotatable bonds is 1. The number of nitrogens with zero attached hydrogens (tertiary/aromatic N) is 1. The highest BCUT2D eigenvalue weighted by molar-refractivity contribution is 5.36. The van der Waals surface area contributed by atoms with Crippen molar-refractivity contribution in [2.24, 2.45) is 0 Å². The van der Waals surface area contributed by atoms with Crippen LogP contribution in [0.1, 0.15) is 86.2 Å². The van der Waals surface area contributed by atoms with Gasteiger partial charge in [0.2, 0.25) is 0 Å². The molecule has 0 saturated heterocycles. The van der Waals surface area contributed by atoms with E-state index in [9.17, 15) is 0 Å². The molecule has 0 radical (unpaired) electrons. The molecule has 2 aliphatic rings. The molecule has 1 aromatic heterocycles. The summed E-state index contributed by atoms with van der Waals surface area (Å²) >= 11 is 0. The maximum Gasteiger partial charge on any atom is 0.0472 e. The second kappa shape index (κ2) is 6.07. The van der Waals surface area contributed by atoms with Crippen molar-refractivity contribution in [1.29, 1.82) is 0 Å². The highest BCUT2D eigenvalue weighted by atomic mass is 14.7. The van der Waals surface area contributed by atoms with Crippen LogP contribution in [0.2, 0.25) is 0 Å². The Morgan fingerprint density at radius 2 is 1.58 bits per heavy atom. The van der Waals surface area contributed by atoms with Gasteiger partial charge in [-0.25, -0.2) is 0 Å². The van der Waals surface area contributed by atoms with E-state index in [4.69, 9.17) is 4.98 Å². The molecule has 1 aromatic rings. The van der Waals surface area contributed by atoms with Crippen LogP contribution in [0.4, 0.5) is 0 Å². The Balaban J connectivity index is 1.96. The van der Waals surface area contributed by atoms with Gasteiger partial charge in [0.05, 0.1) is 0 Å². The van der Waals surface area contributed by atoms with Crippen LogP contribution in [0.15, 0.2) is 6.07 Å². The van der Waals surface area contributed by atoms with Crippen molar-refractivity contribution < 1.29 is 0 Å². The highest BCUT2D eigenvalue weighted by Gasteiger charge is 2.22. The third-order valence-electron chi connectivity index (χ3n) is 4.99. The predicted molar refractivity (Wildman–Crippen MR) is 80.7 cm³/mol. The zero-order chi connectivity index (χ0) is 13.1. The van der Waals surface area contributed by atoms with Gasteiger partial charge in [0.25, 0.3) is 0 Å². The minimum Gasteiger partial charge on any atom is -0.258 e. The maximum atomic E-state index is 4.99. The van der Waals surface area contributed by atoms with Crippen molar-refractivity contribution in [3.05, 3.63) is 28.6 Å². The number of hydrogen-bond acceptors (Lipinski definition) is 1. The lowest BCUT2D eigenvalue weighted by Crippen LogP contribution is -2.09. The van der Waals surface area contributed by atoms with Gasteiger partial charge in [-0.3, -0.25) is 4.98 Å². The van der Waals surface area contributed by atoms with E-state index in [0.717, 1.165) is 5.92 Å². The first-order valence-electron chi connectivity index (χ1n) is 8.34. The third kappa shape index (κ3) is 3.01. The highest BCUT2D eigenvalue weighted by Crippen LogP contribution is 2.35. The second-order valence-corrected chi connectivity index (χ2v) is 6.54. The fourth-order valence-corrected chi connectivity index (χ4v) is 3.99. The Labute approximate surface area is 117 Å². The van der Waals surface area contributed by atoms with E-state index in [1.54, 1.807) is 11.1 Å². The van der Waals surface area contributed by atoms with Gasteiger partial charge in [0.1, 0.15) is 0 Å². The first kappa shape index (κ1) is 13.1. The quantitative estimate of drug-likeness (QED) is 0.504. The Morgan fingerprint density at radius 1 is 0.895 bits per heavy atom. The molecule has 2 aliphatic carbocycles. The third-order valence-corrected chi connectivity index (χ3v) is 4.99. The van der Waals surface area contributed by atoms with E-state index in [1.165, 1.54) is 82.0 Å². The zero-order valence-electron chi connectivity index (χ0n) is 12.4. The monoisotopic (exact) mass is 257 g/mol. The van der Waals surface area contributed by atoms with E-state index in [1.807, 2.05) is 0 Å². The lowest BCUT2D eigenvalue weighted by molar-refractivity contribution is 0.568. The van der Waals surface area contributed by atoms with Gasteiger partial charge >= 0.3 is 0 Å². The van der Waals surface area contributed by atoms with Crippen molar-refractivity contribution in [3.8, 4) is 0 Å². The summed E-state index contributed by atoms with van der Waals surface area (Å²) < 4.78 is 0. The Hall–Kier alpha value is -0.850. The van der Waals surface area contributed by atoms with Crippen LogP contribution in [0.3, 0.4) is 0 Å². The molecule has 0 spiro atoms. The van der Waals surface area contributed by atoms with Gasteiger partial charge in [0.15, 0.2) is 0 Å². The summed E-state index contributed by atoms with van der Waals surface area (Å²) in [5.74, 6) is 0.759. The number of pyridine rings is 1. The van der Waals surface area contributed by atoms with Crippen molar-refractivity contribution in [1.82, 2.24) is 4.98 Å². The molecule has 0 unspecified atom stereocenters. The summed E-state index contributed by atoms with van der Waals surface area (Å²) in [5.41, 5.74) is 6.03. The standard InChI is InChI=1S/C18H27N/c1-14-13-16-11-7-4-8-12-17(16)18(19-14)15-9-5-2-3-6-10-15/h13,15H,2-12H2,1H3. The first-order valence-corrected chi connectivity index (χ1v) is 8.34. The van der Waals surface area contributed by atoms with Crippen LogP contribution < -0.4 is 0 Å². The topological polar surface area (TPSA) is 12.9 Å². The molecule has 104 valence electrons. The molecular formula is C18H27N. The normalized spacial score (nSPS) is 21.5. The molecule has 0 bridgehead atoms. The van der Waals surface area contributed by atoms with E-state index in [-0.39, 0.29) is 0 Å². The Bertz CT molecular complexity index is 428. The molecule has 19 heavy (non-hydrogen) atoms. The summed E-state index contributed by atoms with van der Waals surface area (Å²) in [7, 11) is 0. The molecule has 0 atom stereocenters. The molecule has 0 N–H and O–H groups in total. The first-order chi connectivity index (χ1) is 9.34. The summed E-state index contributed by atoms with van der Waals surface area (Å²) in [6.45, 7) is 2.19. The van der Waals surface area contributed by atoms with Gasteiger partial charge in [-0.05, 0) is 62.6 Å². The predicted octanol–water partition coefficient (Wildman–Crippen LogP) is 5.10. The number of fused-ring (bicyclic) bond motifs is 1. The molecule has 1 heteroatoms. The number of aryl methyl sites for hydroxylation is 2. The van der Waals surface area contributed by atoms with E-state index < -0.39 is 0 Å². The lowest BCUT2D eigenvalue weighted by atomic mass is 9.88. The van der Waals surface area contributed by atoms with Gasteiger partial charge in [0, 0.05) is 17.3 Å². The van der Waals surface area contributed by atoms with E-state index in [0.29, 0.717) is 0 Å². The fourth-order valence-electron chi connectivity index (χ4n) is 3.99. The van der Waals surface area contributed by atoms with Gasteiger partial charge in [-0.2, -0.15) is 0 Å². The van der Waals surface area contributed by atoms with Gasteiger partial charge in [-0.15, -0.1) is 0 Å².